The Hall–Kier alpha value is -0.780. The summed E-state index contributed by atoms with van der Waals surface area (Å²) in [5.41, 5.74) is 6.42. The van der Waals surface area contributed by atoms with E-state index in [1.807, 2.05) is 13.8 Å². The molecule has 0 aliphatic carbocycles. The first-order valence-electron chi connectivity index (χ1n) is 5.38. The van der Waals surface area contributed by atoms with E-state index in [0.717, 1.165) is 4.47 Å². The van der Waals surface area contributed by atoms with Crippen LogP contribution in [-0.4, -0.2) is 23.4 Å². The van der Waals surface area contributed by atoms with Gasteiger partial charge in [-0.1, -0.05) is 29.8 Å². The van der Waals surface area contributed by atoms with Gasteiger partial charge in [0.1, 0.15) is 0 Å². The van der Waals surface area contributed by atoms with Gasteiger partial charge in [-0.2, -0.15) is 0 Å². The molecule has 5 heteroatoms. The summed E-state index contributed by atoms with van der Waals surface area (Å²) in [5, 5.41) is 19.9. The van der Waals surface area contributed by atoms with Crippen molar-refractivity contribution in [2.45, 2.75) is 26.0 Å². The second kappa shape index (κ2) is 5.71. The Balaban J connectivity index is 3.17. The van der Waals surface area contributed by atoms with Crippen LogP contribution in [0.5, 0.6) is 11.5 Å². The van der Waals surface area contributed by atoms with Crippen molar-refractivity contribution < 1.29 is 14.9 Å². The Kier molecular flexibility index (Phi) is 4.80. The van der Waals surface area contributed by atoms with Crippen LogP contribution in [0.1, 0.15) is 25.5 Å². The highest BCUT2D eigenvalue weighted by atomic mass is 79.9. The molecule has 0 heterocycles. The molecule has 0 fully saturated rings. The van der Waals surface area contributed by atoms with Crippen LogP contribution >= 0.6 is 15.9 Å². The highest BCUT2D eigenvalue weighted by Gasteiger charge is 2.24. The summed E-state index contributed by atoms with van der Waals surface area (Å²) < 4.78 is 5.78. The molecule has 1 aromatic carbocycles. The van der Waals surface area contributed by atoms with Crippen LogP contribution in [-0.2, 0) is 0 Å². The van der Waals surface area contributed by atoms with Crippen molar-refractivity contribution in [1.29, 1.82) is 0 Å². The lowest BCUT2D eigenvalue weighted by molar-refractivity contribution is 0.0968. The molecule has 0 saturated heterocycles. The third-order valence-corrected chi connectivity index (χ3v) is 3.16. The van der Waals surface area contributed by atoms with Crippen LogP contribution < -0.4 is 10.5 Å². The van der Waals surface area contributed by atoms with E-state index in [0.29, 0.717) is 11.3 Å². The molecule has 1 aromatic rings. The Morgan fingerprint density at radius 2 is 1.94 bits per heavy atom. The third kappa shape index (κ3) is 3.12. The van der Waals surface area contributed by atoms with Crippen LogP contribution in [0.15, 0.2) is 16.6 Å². The molecule has 4 N–H and O–H groups in total. The molecular weight excluding hydrogens is 286 g/mol. The maximum Gasteiger partial charge on any atom is 0.162 e. The van der Waals surface area contributed by atoms with Gasteiger partial charge in [-0.05, 0) is 18.1 Å². The van der Waals surface area contributed by atoms with Gasteiger partial charge < -0.3 is 20.7 Å². The number of nitrogens with two attached hydrogens (primary N) is 1. The highest BCUT2D eigenvalue weighted by Crippen LogP contribution is 2.37. The summed E-state index contributed by atoms with van der Waals surface area (Å²) in [7, 11) is 1.47. The normalized spacial score (nSPS) is 14.8. The molecule has 0 aromatic heterocycles. The van der Waals surface area contributed by atoms with Gasteiger partial charge in [0.25, 0.3) is 0 Å². The smallest absolute Gasteiger partial charge is 0.162 e. The summed E-state index contributed by atoms with van der Waals surface area (Å²) in [6.45, 7) is 3.74. The van der Waals surface area contributed by atoms with Gasteiger partial charge in [0, 0.05) is 10.0 Å². The lowest BCUT2D eigenvalue weighted by atomic mass is 9.94. The Morgan fingerprint density at radius 3 is 2.41 bits per heavy atom. The molecular formula is C12H18BrNO3. The molecule has 4 nitrogen and oxygen atoms in total. The fraction of sp³-hybridized carbons (Fsp3) is 0.500. The summed E-state index contributed by atoms with van der Waals surface area (Å²) in [6, 6.07) is 2.68. The van der Waals surface area contributed by atoms with Crippen molar-refractivity contribution >= 4 is 15.9 Å². The molecule has 0 unspecified atom stereocenters. The Morgan fingerprint density at radius 1 is 1.35 bits per heavy atom. The van der Waals surface area contributed by atoms with E-state index in [1.54, 1.807) is 12.1 Å². The molecule has 0 aliphatic heterocycles. The molecule has 0 aliphatic rings. The number of halogens is 1. The van der Waals surface area contributed by atoms with E-state index in [-0.39, 0.29) is 11.7 Å². The summed E-state index contributed by atoms with van der Waals surface area (Å²) in [6.07, 6.45) is -0.722. The number of ether oxygens (including phenoxy) is 1. The van der Waals surface area contributed by atoms with E-state index in [1.165, 1.54) is 7.11 Å². The Labute approximate surface area is 110 Å². The first-order valence-corrected chi connectivity index (χ1v) is 6.17. The van der Waals surface area contributed by atoms with Crippen LogP contribution in [0.3, 0.4) is 0 Å². The van der Waals surface area contributed by atoms with E-state index >= 15 is 0 Å². The van der Waals surface area contributed by atoms with E-state index in [4.69, 9.17) is 10.5 Å². The average Bonchev–Trinajstić information content (AvgIpc) is 2.29. The van der Waals surface area contributed by atoms with Gasteiger partial charge in [-0.25, -0.2) is 0 Å². The minimum Gasteiger partial charge on any atom is -0.504 e. The molecule has 0 amide bonds. The van der Waals surface area contributed by atoms with Crippen molar-refractivity contribution in [3.05, 3.63) is 22.2 Å². The second-order valence-corrected chi connectivity index (χ2v) is 5.22. The van der Waals surface area contributed by atoms with E-state index < -0.39 is 12.1 Å². The zero-order valence-electron chi connectivity index (χ0n) is 10.1. The van der Waals surface area contributed by atoms with Crippen LogP contribution in [0.4, 0.5) is 0 Å². The summed E-state index contributed by atoms with van der Waals surface area (Å²) in [5.74, 6) is 0.318. The quantitative estimate of drug-likeness (QED) is 0.797. The molecule has 0 radical (unpaired) electrons. The summed E-state index contributed by atoms with van der Waals surface area (Å²) in [4.78, 5) is 0. The number of rotatable bonds is 4. The molecule has 96 valence electrons. The van der Waals surface area contributed by atoms with Crippen molar-refractivity contribution in [1.82, 2.24) is 0 Å². The average molecular weight is 304 g/mol. The first kappa shape index (κ1) is 14.3. The van der Waals surface area contributed by atoms with Gasteiger partial charge in [0.2, 0.25) is 0 Å². The predicted octanol–water partition coefficient (Wildman–Crippen LogP) is 2.18. The van der Waals surface area contributed by atoms with Crippen LogP contribution in [0.25, 0.3) is 0 Å². The number of hydrogen-bond acceptors (Lipinski definition) is 4. The first-order chi connectivity index (χ1) is 7.88. The maximum atomic E-state index is 9.98. The van der Waals surface area contributed by atoms with Crippen molar-refractivity contribution in [2.24, 2.45) is 11.7 Å². The van der Waals surface area contributed by atoms with Crippen LogP contribution in [0.2, 0.25) is 0 Å². The number of phenolic OH excluding ortho intramolecular Hbond substituents is 1. The molecule has 17 heavy (non-hydrogen) atoms. The Bertz CT molecular complexity index is 396. The molecule has 0 bridgehead atoms. The van der Waals surface area contributed by atoms with E-state index in [2.05, 4.69) is 15.9 Å². The number of aliphatic hydroxyl groups is 1. The van der Waals surface area contributed by atoms with Gasteiger partial charge >= 0.3 is 0 Å². The fourth-order valence-corrected chi connectivity index (χ4v) is 2.06. The topological polar surface area (TPSA) is 75.7 Å². The van der Waals surface area contributed by atoms with Gasteiger partial charge in [0.15, 0.2) is 11.5 Å². The molecule has 2 atom stereocenters. The molecule has 0 spiro atoms. The number of benzene rings is 1. The minimum atomic E-state index is -0.722. The molecule has 1 rings (SSSR count). The number of methoxy groups -OCH3 is 1. The number of phenols is 1. The van der Waals surface area contributed by atoms with Gasteiger partial charge in [0.05, 0.1) is 19.3 Å². The van der Waals surface area contributed by atoms with Crippen molar-refractivity contribution in [2.75, 3.05) is 7.11 Å². The largest absolute Gasteiger partial charge is 0.504 e. The van der Waals surface area contributed by atoms with Gasteiger partial charge in [-0.15, -0.1) is 0 Å². The third-order valence-electron chi connectivity index (χ3n) is 2.70. The lowest BCUT2D eigenvalue weighted by Gasteiger charge is -2.24. The maximum absolute atomic E-state index is 9.98. The monoisotopic (exact) mass is 303 g/mol. The van der Waals surface area contributed by atoms with Crippen molar-refractivity contribution in [3.8, 4) is 11.5 Å². The molecule has 0 saturated carbocycles. The minimum absolute atomic E-state index is 0.00868. The van der Waals surface area contributed by atoms with Crippen molar-refractivity contribution in [3.63, 3.8) is 0 Å². The number of hydrogen-bond donors (Lipinski definition) is 3. The standard InChI is InChI=1S/C12H18BrNO3/c1-6(2)11(15)10(14)8-4-7(13)5-9(17-3)12(8)16/h4-6,10-11,15-16H,14H2,1-3H3/t10-,11+/m0/s1. The summed E-state index contributed by atoms with van der Waals surface area (Å²) >= 11 is 3.31. The number of aliphatic hydroxyl groups excluding tert-OH is 1. The zero-order valence-corrected chi connectivity index (χ0v) is 11.7. The lowest BCUT2D eigenvalue weighted by Crippen LogP contribution is -2.30. The SMILES string of the molecule is COc1cc(Br)cc([C@H](N)[C@H](O)C(C)C)c1O. The second-order valence-electron chi connectivity index (χ2n) is 4.31. The zero-order chi connectivity index (χ0) is 13.2. The predicted molar refractivity (Wildman–Crippen MR) is 70.1 cm³/mol. The van der Waals surface area contributed by atoms with Gasteiger partial charge in [-0.3, -0.25) is 0 Å². The number of aromatic hydroxyl groups is 1. The van der Waals surface area contributed by atoms with E-state index in [9.17, 15) is 10.2 Å². The highest BCUT2D eigenvalue weighted by molar-refractivity contribution is 9.10. The fourth-order valence-electron chi connectivity index (χ4n) is 1.60. The van der Waals surface area contributed by atoms with Crippen LogP contribution in [0, 0.1) is 5.92 Å².